The fourth-order valence-corrected chi connectivity index (χ4v) is 4.08. The van der Waals surface area contributed by atoms with Crippen LogP contribution in [0.3, 0.4) is 0 Å². The predicted octanol–water partition coefficient (Wildman–Crippen LogP) is 4.82. The molecule has 1 N–H and O–H groups in total. The van der Waals surface area contributed by atoms with Gasteiger partial charge in [0, 0.05) is 47.9 Å². The van der Waals surface area contributed by atoms with Crippen molar-refractivity contribution in [3.05, 3.63) is 42.2 Å². The van der Waals surface area contributed by atoms with Crippen molar-refractivity contribution >= 4 is 22.7 Å². The van der Waals surface area contributed by atoms with Gasteiger partial charge in [-0.25, -0.2) is 4.79 Å². The molecule has 1 aliphatic heterocycles. The number of benzene rings is 1. The average Bonchev–Trinajstić information content (AvgIpc) is 2.78. The van der Waals surface area contributed by atoms with Crippen LogP contribution < -0.4 is 10.1 Å². The number of hydrogen-bond donors (Lipinski definition) is 1. The number of carbonyl (C=O) groups is 1. The molecule has 0 spiro atoms. The highest BCUT2D eigenvalue weighted by molar-refractivity contribution is 6.00. The third kappa shape index (κ3) is 5.16. The Morgan fingerprint density at radius 1 is 1.18 bits per heavy atom. The van der Waals surface area contributed by atoms with Crippen LogP contribution in [0.25, 0.3) is 22.0 Å². The Hall–Kier alpha value is -3.42. The van der Waals surface area contributed by atoms with E-state index in [0.717, 1.165) is 46.2 Å². The Balaban J connectivity index is 1.61. The first-order valence-corrected chi connectivity index (χ1v) is 11.2. The minimum absolute atomic E-state index is 0.0451. The molecule has 8 nitrogen and oxygen atoms in total. The van der Waals surface area contributed by atoms with E-state index in [0.29, 0.717) is 18.9 Å². The van der Waals surface area contributed by atoms with Gasteiger partial charge < -0.3 is 19.7 Å². The van der Waals surface area contributed by atoms with Gasteiger partial charge in [0.25, 0.3) is 0 Å². The Bertz CT molecular complexity index is 1160. The minimum atomic E-state index is -0.516. The van der Waals surface area contributed by atoms with Crippen LogP contribution in [0.5, 0.6) is 5.75 Å². The maximum atomic E-state index is 12.5. The normalized spacial score (nSPS) is 16.5. The summed E-state index contributed by atoms with van der Waals surface area (Å²) in [6, 6.07) is 8.02. The summed E-state index contributed by atoms with van der Waals surface area (Å²) in [4.78, 5) is 18.6. The summed E-state index contributed by atoms with van der Waals surface area (Å²) in [6.07, 6.45) is 5.08. The molecular formula is C25H31N5O3. The lowest BCUT2D eigenvalue weighted by Gasteiger charge is -2.34. The van der Waals surface area contributed by atoms with E-state index < -0.39 is 5.60 Å². The van der Waals surface area contributed by atoms with Crippen molar-refractivity contribution in [3.8, 4) is 17.0 Å². The fourth-order valence-electron chi connectivity index (χ4n) is 4.08. The van der Waals surface area contributed by atoms with E-state index in [1.165, 1.54) is 0 Å². The van der Waals surface area contributed by atoms with Crippen molar-refractivity contribution in [2.45, 2.75) is 52.2 Å². The number of fused-ring (bicyclic) bond motifs is 1. The van der Waals surface area contributed by atoms with Gasteiger partial charge in [0.05, 0.1) is 7.11 Å². The van der Waals surface area contributed by atoms with E-state index in [2.05, 4.69) is 20.5 Å². The molecule has 0 bridgehead atoms. The number of amides is 1. The SMILES string of the molecule is COc1cc(C)ccc1-c1nnc(N[C@@H]2CCCN(C(=O)OC(C)(C)C)C2)c2cnccc12. The van der Waals surface area contributed by atoms with Crippen molar-refractivity contribution < 1.29 is 14.3 Å². The van der Waals surface area contributed by atoms with E-state index in [1.54, 1.807) is 24.4 Å². The molecule has 33 heavy (non-hydrogen) atoms. The van der Waals surface area contributed by atoms with Gasteiger partial charge in [0.1, 0.15) is 17.0 Å². The fraction of sp³-hybridized carbons (Fsp3) is 0.440. The molecule has 0 unspecified atom stereocenters. The molecule has 0 aliphatic carbocycles. The second-order valence-corrected chi connectivity index (χ2v) is 9.43. The summed E-state index contributed by atoms with van der Waals surface area (Å²) in [7, 11) is 1.66. The molecule has 3 heterocycles. The first-order valence-electron chi connectivity index (χ1n) is 11.2. The second-order valence-electron chi connectivity index (χ2n) is 9.43. The van der Waals surface area contributed by atoms with E-state index >= 15 is 0 Å². The summed E-state index contributed by atoms with van der Waals surface area (Å²) < 4.78 is 11.2. The summed E-state index contributed by atoms with van der Waals surface area (Å²) in [5.41, 5.74) is 2.22. The molecule has 4 rings (SSSR count). The quantitative estimate of drug-likeness (QED) is 0.611. The monoisotopic (exact) mass is 449 g/mol. The van der Waals surface area contributed by atoms with Gasteiger partial charge in [0.15, 0.2) is 5.82 Å². The maximum absolute atomic E-state index is 12.5. The number of rotatable bonds is 4. The number of methoxy groups -OCH3 is 1. The van der Waals surface area contributed by atoms with Gasteiger partial charge in [-0.3, -0.25) is 4.98 Å². The highest BCUT2D eigenvalue weighted by Gasteiger charge is 2.28. The lowest BCUT2D eigenvalue weighted by molar-refractivity contribution is 0.0206. The van der Waals surface area contributed by atoms with Crippen LogP contribution in [0.2, 0.25) is 0 Å². The number of carbonyl (C=O) groups excluding carboxylic acids is 1. The predicted molar refractivity (Wildman–Crippen MR) is 129 cm³/mol. The molecule has 1 saturated heterocycles. The van der Waals surface area contributed by atoms with E-state index in [9.17, 15) is 4.79 Å². The molecule has 0 saturated carbocycles. The van der Waals surface area contributed by atoms with Crippen LogP contribution >= 0.6 is 0 Å². The van der Waals surface area contributed by atoms with Crippen LogP contribution in [0, 0.1) is 6.92 Å². The zero-order valence-electron chi connectivity index (χ0n) is 19.9. The molecule has 8 heteroatoms. The Morgan fingerprint density at radius 2 is 2.00 bits per heavy atom. The van der Waals surface area contributed by atoms with Gasteiger partial charge in [-0.2, -0.15) is 0 Å². The molecule has 1 fully saturated rings. The summed E-state index contributed by atoms with van der Waals surface area (Å²) in [6.45, 7) is 8.90. The Kier molecular flexibility index (Phi) is 6.35. The molecule has 1 atom stereocenters. The molecule has 0 radical (unpaired) electrons. The van der Waals surface area contributed by atoms with Gasteiger partial charge in [-0.15, -0.1) is 10.2 Å². The van der Waals surface area contributed by atoms with Crippen LogP contribution in [-0.4, -0.2) is 58.0 Å². The number of aromatic nitrogens is 3. The second kappa shape index (κ2) is 9.21. The first kappa shape index (κ1) is 22.8. The summed E-state index contributed by atoms with van der Waals surface area (Å²) in [5.74, 6) is 1.41. The molecular weight excluding hydrogens is 418 g/mol. The summed E-state index contributed by atoms with van der Waals surface area (Å²) >= 11 is 0. The van der Waals surface area contributed by atoms with Crippen LogP contribution in [0.4, 0.5) is 10.6 Å². The number of anilines is 1. The smallest absolute Gasteiger partial charge is 0.410 e. The third-order valence-electron chi connectivity index (χ3n) is 5.61. The number of likely N-dealkylation sites (tertiary alicyclic amines) is 1. The highest BCUT2D eigenvalue weighted by Crippen LogP contribution is 2.35. The van der Waals surface area contributed by atoms with E-state index in [4.69, 9.17) is 9.47 Å². The topological polar surface area (TPSA) is 89.5 Å². The lowest BCUT2D eigenvalue weighted by atomic mass is 10.0. The average molecular weight is 450 g/mol. The molecule has 174 valence electrons. The molecule has 1 aromatic carbocycles. The summed E-state index contributed by atoms with van der Waals surface area (Å²) in [5, 5.41) is 14.4. The molecule has 3 aromatic rings. The number of nitrogens with zero attached hydrogens (tertiary/aromatic N) is 4. The van der Waals surface area contributed by atoms with Crippen molar-refractivity contribution in [2.75, 3.05) is 25.5 Å². The zero-order valence-corrected chi connectivity index (χ0v) is 19.9. The van der Waals surface area contributed by atoms with Crippen LogP contribution in [0.1, 0.15) is 39.2 Å². The van der Waals surface area contributed by atoms with Gasteiger partial charge in [0.2, 0.25) is 0 Å². The number of hydrogen-bond acceptors (Lipinski definition) is 7. The number of nitrogens with one attached hydrogen (secondary N) is 1. The molecule has 1 amide bonds. The van der Waals surface area contributed by atoms with Crippen molar-refractivity contribution in [2.24, 2.45) is 0 Å². The standard InChI is InChI=1S/C25H31N5O3/c1-16-8-9-19(21(13-16)32-5)22-18-10-11-26-14-20(18)23(29-28-22)27-17-7-6-12-30(15-17)24(31)33-25(2,3)4/h8-11,13-14,17H,6-7,12,15H2,1-5H3,(H,27,29)/t17-/m1/s1. The zero-order chi connectivity index (χ0) is 23.6. The van der Waals surface area contributed by atoms with Crippen molar-refractivity contribution in [3.63, 3.8) is 0 Å². The number of ether oxygens (including phenoxy) is 2. The highest BCUT2D eigenvalue weighted by atomic mass is 16.6. The van der Waals surface area contributed by atoms with Gasteiger partial charge in [-0.1, -0.05) is 6.07 Å². The maximum Gasteiger partial charge on any atom is 0.410 e. The van der Waals surface area contributed by atoms with E-state index in [1.807, 2.05) is 52.0 Å². The lowest BCUT2D eigenvalue weighted by Crippen LogP contribution is -2.47. The van der Waals surface area contributed by atoms with Crippen LogP contribution in [0.15, 0.2) is 36.7 Å². The number of aryl methyl sites for hydroxylation is 1. The largest absolute Gasteiger partial charge is 0.496 e. The Morgan fingerprint density at radius 3 is 2.76 bits per heavy atom. The Labute approximate surface area is 194 Å². The van der Waals surface area contributed by atoms with Gasteiger partial charge >= 0.3 is 6.09 Å². The molecule has 2 aromatic heterocycles. The van der Waals surface area contributed by atoms with Gasteiger partial charge in [-0.05, 0) is 64.3 Å². The number of piperidine rings is 1. The van der Waals surface area contributed by atoms with Crippen molar-refractivity contribution in [1.82, 2.24) is 20.1 Å². The van der Waals surface area contributed by atoms with E-state index in [-0.39, 0.29) is 12.1 Å². The van der Waals surface area contributed by atoms with Crippen molar-refractivity contribution in [1.29, 1.82) is 0 Å². The number of pyridine rings is 1. The van der Waals surface area contributed by atoms with Crippen LogP contribution in [-0.2, 0) is 4.74 Å². The first-order chi connectivity index (χ1) is 15.7. The molecule has 1 aliphatic rings. The third-order valence-corrected chi connectivity index (χ3v) is 5.61. The minimum Gasteiger partial charge on any atom is -0.496 e.